The molecular formula is C20H20ClN3O3S. The lowest BCUT2D eigenvalue weighted by Gasteiger charge is -2.20. The van der Waals surface area contributed by atoms with Gasteiger partial charge in [-0.2, -0.15) is 0 Å². The fourth-order valence-electron chi connectivity index (χ4n) is 2.43. The van der Waals surface area contributed by atoms with Crippen molar-refractivity contribution in [3.05, 3.63) is 71.1 Å². The number of carbonyl (C=O) groups excluding carboxylic acids is 1. The van der Waals surface area contributed by atoms with Gasteiger partial charge < -0.3 is 14.1 Å². The van der Waals surface area contributed by atoms with E-state index in [2.05, 4.69) is 10.2 Å². The van der Waals surface area contributed by atoms with Crippen LogP contribution in [0.1, 0.15) is 18.4 Å². The number of nitrogens with zero attached hydrogens (tertiary/aromatic N) is 3. The van der Waals surface area contributed by atoms with E-state index in [0.29, 0.717) is 35.0 Å². The molecule has 0 fully saturated rings. The summed E-state index contributed by atoms with van der Waals surface area (Å²) >= 11 is 7.06. The van der Waals surface area contributed by atoms with Crippen LogP contribution in [0, 0.1) is 0 Å². The molecule has 0 spiro atoms. The minimum Gasteiger partial charge on any atom is -0.484 e. The average molecular weight is 418 g/mol. The van der Waals surface area contributed by atoms with Crippen LogP contribution in [-0.2, 0) is 17.9 Å². The van der Waals surface area contributed by atoms with Crippen molar-refractivity contribution in [3.63, 3.8) is 0 Å². The van der Waals surface area contributed by atoms with Gasteiger partial charge in [0.1, 0.15) is 5.75 Å². The van der Waals surface area contributed by atoms with Crippen molar-refractivity contribution in [2.45, 2.75) is 25.3 Å². The lowest BCUT2D eigenvalue weighted by atomic mass is 10.2. The highest BCUT2D eigenvalue weighted by atomic mass is 35.5. The summed E-state index contributed by atoms with van der Waals surface area (Å²) in [5, 5.41) is 8.89. The Labute approximate surface area is 172 Å². The fraction of sp³-hybridized carbons (Fsp3) is 0.250. The van der Waals surface area contributed by atoms with Gasteiger partial charge in [-0.1, -0.05) is 53.7 Å². The molecule has 3 rings (SSSR count). The third-order valence-corrected chi connectivity index (χ3v) is 4.95. The van der Waals surface area contributed by atoms with Gasteiger partial charge in [0.15, 0.2) is 6.61 Å². The Balaban J connectivity index is 1.47. The van der Waals surface area contributed by atoms with Crippen LogP contribution < -0.4 is 4.74 Å². The Morgan fingerprint density at radius 1 is 1.14 bits per heavy atom. The average Bonchev–Trinajstić information content (AvgIpc) is 3.18. The standard InChI is InChI=1S/C20H20ClN3O3S/c1-2-24(12-15-6-4-3-5-7-15)19(25)14-28-20-23-22-18(27-20)13-26-17-10-8-16(21)9-11-17/h3-11H,2,12-14H2,1H3. The largest absolute Gasteiger partial charge is 0.484 e. The Kier molecular flexibility index (Phi) is 7.33. The Morgan fingerprint density at radius 2 is 1.89 bits per heavy atom. The molecule has 0 aliphatic heterocycles. The first-order valence-electron chi connectivity index (χ1n) is 8.79. The quantitative estimate of drug-likeness (QED) is 0.479. The van der Waals surface area contributed by atoms with Crippen LogP contribution in [0.5, 0.6) is 5.75 Å². The third kappa shape index (κ3) is 6.00. The molecular weight excluding hydrogens is 398 g/mol. The molecule has 0 N–H and O–H groups in total. The molecule has 28 heavy (non-hydrogen) atoms. The molecule has 0 bridgehead atoms. The van der Waals surface area contributed by atoms with E-state index in [1.807, 2.05) is 37.3 Å². The van der Waals surface area contributed by atoms with Crippen LogP contribution in [0.15, 0.2) is 64.2 Å². The lowest BCUT2D eigenvalue weighted by Crippen LogP contribution is -2.31. The smallest absolute Gasteiger partial charge is 0.277 e. The first kappa shape index (κ1) is 20.2. The van der Waals surface area contributed by atoms with E-state index in [1.54, 1.807) is 29.2 Å². The van der Waals surface area contributed by atoms with E-state index in [9.17, 15) is 4.79 Å². The van der Waals surface area contributed by atoms with E-state index in [1.165, 1.54) is 11.8 Å². The molecule has 1 heterocycles. The number of ether oxygens (including phenoxy) is 1. The number of hydrogen-bond donors (Lipinski definition) is 0. The van der Waals surface area contributed by atoms with Gasteiger partial charge in [0, 0.05) is 18.1 Å². The highest BCUT2D eigenvalue weighted by Gasteiger charge is 2.15. The topological polar surface area (TPSA) is 68.5 Å². The number of rotatable bonds is 9. The molecule has 8 heteroatoms. The second-order valence-corrected chi connectivity index (χ2v) is 7.25. The number of carbonyl (C=O) groups is 1. The second kappa shape index (κ2) is 10.1. The molecule has 2 aromatic carbocycles. The zero-order valence-corrected chi connectivity index (χ0v) is 16.9. The normalized spacial score (nSPS) is 10.6. The van der Waals surface area contributed by atoms with Crippen molar-refractivity contribution in [1.29, 1.82) is 0 Å². The lowest BCUT2D eigenvalue weighted by molar-refractivity contribution is -0.128. The summed E-state index contributed by atoms with van der Waals surface area (Å²) in [6, 6.07) is 16.9. The Hall–Kier alpha value is -2.51. The molecule has 0 aliphatic carbocycles. The molecule has 3 aromatic rings. The summed E-state index contributed by atoms with van der Waals surface area (Å²) in [6.07, 6.45) is 0. The molecule has 0 saturated carbocycles. The molecule has 0 radical (unpaired) electrons. The molecule has 6 nitrogen and oxygen atoms in total. The second-order valence-electron chi connectivity index (χ2n) is 5.89. The van der Waals surface area contributed by atoms with Crippen molar-refractivity contribution in [3.8, 4) is 5.75 Å². The summed E-state index contributed by atoms with van der Waals surface area (Å²) in [7, 11) is 0. The van der Waals surface area contributed by atoms with Gasteiger partial charge in [-0.15, -0.1) is 10.2 Å². The van der Waals surface area contributed by atoms with Gasteiger partial charge in [-0.3, -0.25) is 4.79 Å². The van der Waals surface area contributed by atoms with Crippen molar-refractivity contribution < 1.29 is 13.9 Å². The molecule has 146 valence electrons. The Bertz CT molecular complexity index is 887. The maximum atomic E-state index is 12.5. The van der Waals surface area contributed by atoms with E-state index < -0.39 is 0 Å². The van der Waals surface area contributed by atoms with Gasteiger partial charge in [0.2, 0.25) is 5.91 Å². The van der Waals surface area contributed by atoms with Crippen LogP contribution in [0.2, 0.25) is 5.02 Å². The van der Waals surface area contributed by atoms with Crippen molar-refractivity contribution in [2.75, 3.05) is 12.3 Å². The van der Waals surface area contributed by atoms with Crippen LogP contribution in [0.25, 0.3) is 0 Å². The maximum Gasteiger partial charge on any atom is 0.277 e. The summed E-state index contributed by atoms with van der Waals surface area (Å²) in [6.45, 7) is 3.34. The summed E-state index contributed by atoms with van der Waals surface area (Å²) < 4.78 is 11.1. The van der Waals surface area contributed by atoms with Crippen LogP contribution >= 0.6 is 23.4 Å². The van der Waals surface area contributed by atoms with Crippen LogP contribution in [0.3, 0.4) is 0 Å². The van der Waals surface area contributed by atoms with Crippen LogP contribution in [-0.4, -0.2) is 33.3 Å². The molecule has 0 atom stereocenters. The first-order valence-corrected chi connectivity index (χ1v) is 10.2. The summed E-state index contributed by atoms with van der Waals surface area (Å²) in [5.74, 6) is 1.27. The van der Waals surface area contributed by atoms with Gasteiger partial charge in [-0.25, -0.2) is 0 Å². The number of halogens is 1. The van der Waals surface area contributed by atoms with E-state index in [4.69, 9.17) is 20.8 Å². The number of hydrogen-bond acceptors (Lipinski definition) is 6. The SMILES string of the molecule is CCN(Cc1ccccc1)C(=O)CSc1nnc(COc2ccc(Cl)cc2)o1. The molecule has 1 amide bonds. The van der Waals surface area contributed by atoms with Crippen molar-refractivity contribution in [2.24, 2.45) is 0 Å². The van der Waals surface area contributed by atoms with Crippen LogP contribution in [0.4, 0.5) is 0 Å². The molecule has 0 saturated heterocycles. The molecule has 0 unspecified atom stereocenters. The van der Waals surface area contributed by atoms with Gasteiger partial charge >= 0.3 is 0 Å². The maximum absolute atomic E-state index is 12.5. The highest BCUT2D eigenvalue weighted by molar-refractivity contribution is 7.99. The summed E-state index contributed by atoms with van der Waals surface area (Å²) in [4.78, 5) is 14.3. The number of benzene rings is 2. The van der Waals surface area contributed by atoms with Gasteiger partial charge in [0.05, 0.1) is 5.75 Å². The van der Waals surface area contributed by atoms with Crippen molar-refractivity contribution >= 4 is 29.3 Å². The number of amides is 1. The predicted octanol–water partition coefficient (Wildman–Crippen LogP) is 4.44. The number of thioether (sulfide) groups is 1. The van der Waals surface area contributed by atoms with E-state index >= 15 is 0 Å². The number of aromatic nitrogens is 2. The molecule has 0 aliphatic rings. The van der Waals surface area contributed by atoms with E-state index in [-0.39, 0.29) is 18.3 Å². The minimum atomic E-state index is 0.0218. The predicted molar refractivity (Wildman–Crippen MR) is 108 cm³/mol. The first-order chi connectivity index (χ1) is 13.6. The zero-order chi connectivity index (χ0) is 19.8. The van der Waals surface area contributed by atoms with E-state index in [0.717, 1.165) is 5.56 Å². The summed E-state index contributed by atoms with van der Waals surface area (Å²) in [5.41, 5.74) is 1.10. The zero-order valence-electron chi connectivity index (χ0n) is 15.4. The monoisotopic (exact) mass is 417 g/mol. The fourth-order valence-corrected chi connectivity index (χ4v) is 3.23. The van der Waals surface area contributed by atoms with Crippen molar-refractivity contribution in [1.82, 2.24) is 15.1 Å². The minimum absolute atomic E-state index is 0.0218. The molecule has 1 aromatic heterocycles. The highest BCUT2D eigenvalue weighted by Crippen LogP contribution is 2.20. The Morgan fingerprint density at radius 3 is 2.61 bits per heavy atom. The van der Waals surface area contributed by atoms with Gasteiger partial charge in [0.25, 0.3) is 11.1 Å². The third-order valence-electron chi connectivity index (χ3n) is 3.89. The van der Waals surface area contributed by atoms with Gasteiger partial charge in [-0.05, 0) is 36.8 Å².